The first-order valence-corrected chi connectivity index (χ1v) is 12.2. The van der Waals surface area contributed by atoms with E-state index in [2.05, 4.69) is 10.00 Å². The van der Waals surface area contributed by atoms with E-state index in [1.54, 1.807) is 23.1 Å². The highest BCUT2D eigenvalue weighted by atomic mass is 16.5. The molecule has 0 radical (unpaired) electrons. The average molecular weight is 451 g/mol. The fourth-order valence-corrected chi connectivity index (χ4v) is 7.26. The highest BCUT2D eigenvalue weighted by Crippen LogP contribution is 2.63. The Hall–Kier alpha value is -2.58. The summed E-state index contributed by atoms with van der Waals surface area (Å²) in [5.74, 6) is 1.37. The normalized spacial score (nSPS) is 34.5. The van der Waals surface area contributed by atoms with E-state index in [1.807, 2.05) is 17.0 Å². The molecule has 8 heteroatoms. The predicted molar refractivity (Wildman–Crippen MR) is 119 cm³/mol. The molecule has 2 bridgehead atoms. The van der Waals surface area contributed by atoms with Crippen molar-refractivity contribution in [3.05, 3.63) is 41.7 Å². The average Bonchev–Trinajstić information content (AvgIpc) is 3.38. The molecule has 4 atom stereocenters. The second-order valence-corrected chi connectivity index (χ2v) is 10.7. The van der Waals surface area contributed by atoms with Crippen LogP contribution in [0, 0.1) is 5.92 Å². The number of phenolic OH excluding ortho intramolecular Hbond substituents is 1. The van der Waals surface area contributed by atoms with Gasteiger partial charge in [-0.3, -0.25) is 14.4 Å². The molecule has 1 spiro atoms. The number of aromatic nitrogens is 2. The zero-order valence-corrected chi connectivity index (χ0v) is 18.7. The molecule has 3 fully saturated rings. The molecule has 174 valence electrons. The number of likely N-dealkylation sites (tertiary alicyclic amines) is 2. The van der Waals surface area contributed by atoms with Crippen LogP contribution in [0.3, 0.4) is 0 Å². The van der Waals surface area contributed by atoms with Crippen molar-refractivity contribution >= 4 is 5.91 Å². The molecular formula is C25H30N4O4. The largest absolute Gasteiger partial charge is 0.504 e. The quantitative estimate of drug-likeness (QED) is 0.730. The highest BCUT2D eigenvalue weighted by molar-refractivity contribution is 5.76. The van der Waals surface area contributed by atoms with Crippen molar-refractivity contribution in [3.8, 4) is 11.5 Å². The molecule has 1 amide bonds. The minimum atomic E-state index is -1.00. The summed E-state index contributed by atoms with van der Waals surface area (Å²) in [5.41, 5.74) is 0.577. The smallest absolute Gasteiger partial charge is 0.244 e. The number of hydrogen-bond donors (Lipinski definition) is 2. The van der Waals surface area contributed by atoms with Crippen molar-refractivity contribution in [2.24, 2.45) is 5.92 Å². The van der Waals surface area contributed by atoms with Crippen molar-refractivity contribution in [1.82, 2.24) is 19.6 Å². The number of benzene rings is 1. The van der Waals surface area contributed by atoms with Gasteiger partial charge in [0.05, 0.1) is 17.6 Å². The molecule has 7 rings (SSSR count). The number of amides is 1. The number of hydrogen-bond acceptors (Lipinski definition) is 6. The van der Waals surface area contributed by atoms with E-state index in [4.69, 9.17) is 4.74 Å². The molecule has 33 heavy (non-hydrogen) atoms. The van der Waals surface area contributed by atoms with Gasteiger partial charge in [0, 0.05) is 37.1 Å². The minimum absolute atomic E-state index is 0.00195. The Bertz CT molecular complexity index is 1120. The monoisotopic (exact) mass is 450 g/mol. The van der Waals surface area contributed by atoms with Gasteiger partial charge in [0.15, 0.2) is 11.5 Å². The number of carbonyl (C=O) groups is 1. The second kappa shape index (κ2) is 6.73. The van der Waals surface area contributed by atoms with Gasteiger partial charge >= 0.3 is 0 Å². The SMILES string of the molecule is O=C(Cn1cccn1)N1CC[C@@]2(O)[C@H]3Cc4ccc(O)c5c4[C@@]2(CCN3CC2CC2)[C@H](C1)O5. The number of carbonyl (C=O) groups excluding carboxylic acids is 1. The van der Waals surface area contributed by atoms with E-state index in [0.717, 1.165) is 37.4 Å². The summed E-state index contributed by atoms with van der Waals surface area (Å²) in [6.45, 7) is 3.03. The van der Waals surface area contributed by atoms with Gasteiger partial charge in [-0.05, 0) is 62.3 Å². The van der Waals surface area contributed by atoms with Gasteiger partial charge < -0.3 is 19.8 Å². The van der Waals surface area contributed by atoms with Gasteiger partial charge in [-0.2, -0.15) is 5.10 Å². The van der Waals surface area contributed by atoms with Crippen molar-refractivity contribution < 1.29 is 19.7 Å². The molecule has 2 aromatic rings. The molecule has 1 saturated carbocycles. The third-order valence-electron chi connectivity index (χ3n) is 9.00. The molecule has 1 aromatic heterocycles. The number of rotatable bonds is 4. The molecule has 5 aliphatic rings. The van der Waals surface area contributed by atoms with E-state index in [-0.39, 0.29) is 30.3 Å². The molecular weight excluding hydrogens is 420 g/mol. The van der Waals surface area contributed by atoms with Gasteiger partial charge in [-0.1, -0.05) is 6.07 Å². The second-order valence-electron chi connectivity index (χ2n) is 10.7. The van der Waals surface area contributed by atoms with Crippen molar-refractivity contribution in [1.29, 1.82) is 0 Å². The maximum Gasteiger partial charge on any atom is 0.244 e. The Morgan fingerprint density at radius 2 is 2.12 bits per heavy atom. The maximum atomic E-state index is 13.2. The number of ether oxygens (including phenoxy) is 1. The van der Waals surface area contributed by atoms with Crippen LogP contribution in [0.25, 0.3) is 0 Å². The third kappa shape index (κ3) is 2.65. The fraction of sp³-hybridized carbons (Fsp3) is 0.600. The first-order chi connectivity index (χ1) is 16.0. The molecule has 2 N–H and O–H groups in total. The van der Waals surface area contributed by atoms with Crippen LogP contribution in [0.4, 0.5) is 0 Å². The van der Waals surface area contributed by atoms with Crippen molar-refractivity contribution in [2.75, 3.05) is 26.2 Å². The molecule has 8 nitrogen and oxygen atoms in total. The van der Waals surface area contributed by atoms with Gasteiger partial charge in [0.2, 0.25) is 5.91 Å². The van der Waals surface area contributed by atoms with Crippen LogP contribution in [-0.4, -0.2) is 79.6 Å². The van der Waals surface area contributed by atoms with Gasteiger partial charge in [0.1, 0.15) is 12.6 Å². The number of aromatic hydroxyl groups is 1. The number of phenols is 1. The summed E-state index contributed by atoms with van der Waals surface area (Å²) < 4.78 is 8.09. The van der Waals surface area contributed by atoms with E-state index in [1.165, 1.54) is 18.4 Å². The maximum absolute atomic E-state index is 13.2. The Balaban J connectivity index is 1.31. The van der Waals surface area contributed by atoms with E-state index >= 15 is 0 Å². The van der Waals surface area contributed by atoms with Gasteiger partial charge in [-0.25, -0.2) is 0 Å². The molecule has 4 heterocycles. The van der Waals surface area contributed by atoms with E-state index in [0.29, 0.717) is 25.3 Å². The van der Waals surface area contributed by atoms with Crippen molar-refractivity contribution in [3.63, 3.8) is 0 Å². The predicted octanol–water partition coefficient (Wildman–Crippen LogP) is 1.29. The van der Waals surface area contributed by atoms with Crippen LogP contribution in [0.1, 0.15) is 36.8 Å². The Labute approximate surface area is 192 Å². The molecule has 1 aromatic carbocycles. The summed E-state index contributed by atoms with van der Waals surface area (Å²) in [5, 5.41) is 27.4. The Morgan fingerprint density at radius 3 is 2.91 bits per heavy atom. The summed E-state index contributed by atoms with van der Waals surface area (Å²) in [6, 6.07) is 5.55. The lowest BCUT2D eigenvalue weighted by Gasteiger charge is -2.60. The van der Waals surface area contributed by atoms with Crippen LogP contribution >= 0.6 is 0 Å². The Morgan fingerprint density at radius 1 is 1.24 bits per heavy atom. The van der Waals surface area contributed by atoms with Gasteiger partial charge in [-0.15, -0.1) is 0 Å². The number of nitrogens with zero attached hydrogens (tertiary/aromatic N) is 4. The van der Waals surface area contributed by atoms with E-state index < -0.39 is 11.0 Å². The summed E-state index contributed by atoms with van der Waals surface area (Å²) >= 11 is 0. The zero-order chi connectivity index (χ0) is 22.4. The van der Waals surface area contributed by atoms with Crippen LogP contribution in [0.5, 0.6) is 11.5 Å². The van der Waals surface area contributed by atoms with Crippen LogP contribution in [-0.2, 0) is 23.2 Å². The minimum Gasteiger partial charge on any atom is -0.504 e. The standard InChI is InChI=1S/C25H30N4O4/c30-18-5-4-17-12-19-25(32)7-11-28(21(31)15-29-9-1-8-26-29)14-20-24(25,22(17)23(18)33-20)6-10-27(19)13-16-2-3-16/h1,4-5,8-9,16,19-20,30,32H,2-3,6-7,10-15H2/t19-,20+,24-,25-/m1/s1. The van der Waals surface area contributed by atoms with E-state index in [9.17, 15) is 15.0 Å². The number of aliphatic hydroxyl groups is 1. The molecule has 2 aliphatic carbocycles. The summed E-state index contributed by atoms with van der Waals surface area (Å²) in [6.07, 6.45) is 7.69. The van der Waals surface area contributed by atoms with Crippen LogP contribution in [0.2, 0.25) is 0 Å². The first-order valence-electron chi connectivity index (χ1n) is 12.2. The van der Waals surface area contributed by atoms with Gasteiger partial charge in [0.25, 0.3) is 0 Å². The first kappa shape index (κ1) is 19.9. The topological polar surface area (TPSA) is 91.1 Å². The molecule has 2 saturated heterocycles. The lowest BCUT2D eigenvalue weighted by Crippen LogP contribution is -2.74. The summed E-state index contributed by atoms with van der Waals surface area (Å²) in [7, 11) is 0. The lowest BCUT2D eigenvalue weighted by molar-refractivity contribution is -0.162. The number of piperidine rings is 1. The van der Waals surface area contributed by atoms with Crippen LogP contribution < -0.4 is 4.74 Å². The summed E-state index contributed by atoms with van der Waals surface area (Å²) in [4.78, 5) is 17.6. The fourth-order valence-electron chi connectivity index (χ4n) is 7.26. The Kier molecular flexibility index (Phi) is 4.05. The van der Waals surface area contributed by atoms with Crippen molar-refractivity contribution in [2.45, 2.75) is 61.8 Å². The zero-order valence-electron chi connectivity index (χ0n) is 18.7. The van der Waals surface area contributed by atoms with Crippen LogP contribution in [0.15, 0.2) is 30.6 Å². The molecule has 0 unspecified atom stereocenters. The highest BCUT2D eigenvalue weighted by Gasteiger charge is 2.71. The lowest BCUT2D eigenvalue weighted by atomic mass is 9.52. The third-order valence-corrected chi connectivity index (χ3v) is 9.00. The molecule has 3 aliphatic heterocycles.